The molecule has 0 amide bonds. The number of nitriles is 1. The van der Waals surface area contributed by atoms with Gasteiger partial charge < -0.3 is 14.3 Å². The lowest BCUT2D eigenvalue weighted by Crippen LogP contribution is -2.11. The molecule has 0 aliphatic rings. The van der Waals surface area contributed by atoms with Crippen molar-refractivity contribution in [2.24, 2.45) is 7.05 Å². The molecule has 4 heteroatoms. The highest BCUT2D eigenvalue weighted by Crippen LogP contribution is 2.06. The minimum atomic E-state index is 0.681. The van der Waals surface area contributed by atoms with Crippen LogP contribution in [-0.2, 0) is 20.1 Å². The van der Waals surface area contributed by atoms with Gasteiger partial charge >= 0.3 is 0 Å². The first-order valence-electron chi connectivity index (χ1n) is 5.06. The third kappa shape index (κ3) is 2.33. The predicted molar refractivity (Wildman–Crippen MR) is 59.4 cm³/mol. The third-order valence-electron chi connectivity index (χ3n) is 2.41. The molecule has 2 aromatic heterocycles. The molecule has 2 aromatic rings. The Morgan fingerprint density at radius 2 is 2.25 bits per heavy atom. The zero-order chi connectivity index (χ0) is 11.4. The Balaban J connectivity index is 1.88. The number of hydrogen-bond acceptors (Lipinski definition) is 3. The summed E-state index contributed by atoms with van der Waals surface area (Å²) in [6, 6.07) is 5.96. The molecule has 82 valence electrons. The van der Waals surface area contributed by atoms with Crippen molar-refractivity contribution >= 4 is 0 Å². The van der Waals surface area contributed by atoms with Crippen molar-refractivity contribution in [2.45, 2.75) is 13.1 Å². The summed E-state index contributed by atoms with van der Waals surface area (Å²) in [5.41, 5.74) is 2.92. The topological polar surface area (TPSA) is 53.9 Å². The van der Waals surface area contributed by atoms with Gasteiger partial charge in [-0.3, -0.25) is 0 Å². The van der Waals surface area contributed by atoms with Gasteiger partial charge in [-0.15, -0.1) is 0 Å². The van der Waals surface area contributed by atoms with Crippen LogP contribution in [0.4, 0.5) is 0 Å². The van der Waals surface area contributed by atoms with Crippen LogP contribution in [-0.4, -0.2) is 4.57 Å². The fourth-order valence-corrected chi connectivity index (χ4v) is 1.59. The van der Waals surface area contributed by atoms with Crippen molar-refractivity contribution in [3.63, 3.8) is 0 Å². The van der Waals surface area contributed by atoms with E-state index in [0.29, 0.717) is 5.69 Å². The monoisotopic (exact) mass is 215 g/mol. The van der Waals surface area contributed by atoms with Crippen LogP contribution in [0, 0.1) is 11.3 Å². The van der Waals surface area contributed by atoms with E-state index in [9.17, 15) is 0 Å². The van der Waals surface area contributed by atoms with Gasteiger partial charge in [0.1, 0.15) is 11.8 Å². The largest absolute Gasteiger partial charge is 0.472 e. The number of aryl methyl sites for hydroxylation is 1. The third-order valence-corrected chi connectivity index (χ3v) is 2.41. The van der Waals surface area contributed by atoms with Crippen LogP contribution in [0.3, 0.4) is 0 Å². The Kier molecular flexibility index (Phi) is 3.08. The molecule has 2 rings (SSSR count). The molecule has 0 unspecified atom stereocenters. The number of rotatable bonds is 4. The van der Waals surface area contributed by atoms with Crippen LogP contribution in [0.2, 0.25) is 0 Å². The Labute approximate surface area is 94.1 Å². The van der Waals surface area contributed by atoms with E-state index in [2.05, 4.69) is 11.4 Å². The zero-order valence-corrected chi connectivity index (χ0v) is 9.10. The van der Waals surface area contributed by atoms with Gasteiger partial charge in [-0.25, -0.2) is 0 Å². The van der Waals surface area contributed by atoms with Gasteiger partial charge in [0.25, 0.3) is 0 Å². The quantitative estimate of drug-likeness (QED) is 0.845. The highest BCUT2D eigenvalue weighted by Gasteiger charge is 2.01. The van der Waals surface area contributed by atoms with Crippen LogP contribution < -0.4 is 5.32 Å². The van der Waals surface area contributed by atoms with Crippen LogP contribution in [0.5, 0.6) is 0 Å². The number of furan rings is 1. The van der Waals surface area contributed by atoms with Crippen LogP contribution in [0.1, 0.15) is 16.8 Å². The van der Waals surface area contributed by atoms with Gasteiger partial charge in [0, 0.05) is 31.9 Å². The lowest BCUT2D eigenvalue weighted by Gasteiger charge is -1.99. The number of nitrogens with zero attached hydrogens (tertiary/aromatic N) is 2. The van der Waals surface area contributed by atoms with Crippen LogP contribution in [0.25, 0.3) is 0 Å². The second-order valence-electron chi connectivity index (χ2n) is 3.69. The smallest absolute Gasteiger partial charge is 0.120 e. The molecule has 2 heterocycles. The van der Waals surface area contributed by atoms with Crippen molar-refractivity contribution in [3.8, 4) is 6.07 Å². The van der Waals surface area contributed by atoms with Crippen molar-refractivity contribution < 1.29 is 4.42 Å². The molecule has 0 saturated heterocycles. The van der Waals surface area contributed by atoms with Gasteiger partial charge in [-0.05, 0) is 17.7 Å². The summed E-state index contributed by atoms with van der Waals surface area (Å²) >= 11 is 0. The zero-order valence-electron chi connectivity index (χ0n) is 9.10. The van der Waals surface area contributed by atoms with E-state index in [1.54, 1.807) is 12.5 Å². The molecule has 16 heavy (non-hydrogen) atoms. The summed E-state index contributed by atoms with van der Waals surface area (Å²) in [6.45, 7) is 1.52. The molecule has 4 nitrogen and oxygen atoms in total. The lowest BCUT2D eigenvalue weighted by molar-refractivity contribution is 0.560. The summed E-state index contributed by atoms with van der Waals surface area (Å²) < 4.78 is 6.80. The highest BCUT2D eigenvalue weighted by atomic mass is 16.3. The van der Waals surface area contributed by atoms with Gasteiger partial charge in [-0.2, -0.15) is 5.26 Å². The predicted octanol–water partition coefficient (Wildman–Crippen LogP) is 1.78. The Bertz CT molecular complexity index is 491. The molecule has 0 atom stereocenters. The van der Waals surface area contributed by atoms with E-state index in [1.165, 1.54) is 0 Å². The maximum atomic E-state index is 8.80. The number of nitrogens with one attached hydrogen (secondary N) is 1. The number of hydrogen-bond donors (Lipinski definition) is 1. The van der Waals surface area contributed by atoms with Crippen molar-refractivity contribution in [1.29, 1.82) is 5.26 Å². The highest BCUT2D eigenvalue weighted by molar-refractivity contribution is 5.28. The lowest BCUT2D eigenvalue weighted by atomic mass is 10.3. The van der Waals surface area contributed by atoms with Crippen molar-refractivity contribution in [1.82, 2.24) is 9.88 Å². The molecule has 0 aliphatic carbocycles. The summed E-state index contributed by atoms with van der Waals surface area (Å²) in [5, 5.41) is 12.1. The Morgan fingerprint density at radius 3 is 2.88 bits per heavy atom. The molecule has 0 fully saturated rings. The molecule has 1 N–H and O–H groups in total. The van der Waals surface area contributed by atoms with E-state index < -0.39 is 0 Å². The van der Waals surface area contributed by atoms with Gasteiger partial charge in [0.05, 0.1) is 12.5 Å². The minimum Gasteiger partial charge on any atom is -0.472 e. The van der Waals surface area contributed by atoms with Gasteiger partial charge in [-0.1, -0.05) is 0 Å². The first kappa shape index (κ1) is 10.5. The molecule has 0 radical (unpaired) electrons. The average molecular weight is 215 g/mol. The van der Waals surface area contributed by atoms with Crippen molar-refractivity contribution in [3.05, 3.63) is 47.7 Å². The fraction of sp³-hybridized carbons (Fsp3) is 0.250. The molecular formula is C12H13N3O. The maximum absolute atomic E-state index is 8.80. The van der Waals surface area contributed by atoms with Crippen molar-refractivity contribution in [2.75, 3.05) is 0 Å². The van der Waals surface area contributed by atoms with Crippen LogP contribution >= 0.6 is 0 Å². The molecule has 0 aliphatic heterocycles. The normalized spacial score (nSPS) is 10.2. The molecule has 0 aromatic carbocycles. The maximum Gasteiger partial charge on any atom is 0.120 e. The summed E-state index contributed by atoms with van der Waals surface area (Å²) in [7, 11) is 1.87. The Morgan fingerprint density at radius 1 is 1.44 bits per heavy atom. The van der Waals surface area contributed by atoms with E-state index in [-0.39, 0.29) is 0 Å². The molecular weight excluding hydrogens is 202 g/mol. The SMILES string of the molecule is Cn1cc(CNCc2ccoc2)cc1C#N. The first-order valence-corrected chi connectivity index (χ1v) is 5.06. The average Bonchev–Trinajstić information content (AvgIpc) is 2.88. The molecule has 0 saturated carbocycles. The molecule has 0 bridgehead atoms. The van der Waals surface area contributed by atoms with E-state index in [4.69, 9.17) is 9.68 Å². The minimum absolute atomic E-state index is 0.681. The van der Waals surface area contributed by atoms with E-state index >= 15 is 0 Å². The Hall–Kier alpha value is -1.99. The number of aromatic nitrogens is 1. The first-order chi connectivity index (χ1) is 7.79. The van der Waals surface area contributed by atoms with Crippen LogP contribution in [0.15, 0.2) is 35.3 Å². The second-order valence-corrected chi connectivity index (χ2v) is 3.69. The standard InChI is InChI=1S/C12H13N3O/c1-15-8-11(4-12(15)5-13)7-14-6-10-2-3-16-9-10/h2-4,8-9,14H,6-7H2,1H3. The summed E-state index contributed by atoms with van der Waals surface area (Å²) in [5.74, 6) is 0. The summed E-state index contributed by atoms with van der Waals surface area (Å²) in [4.78, 5) is 0. The van der Waals surface area contributed by atoms with E-state index in [0.717, 1.165) is 24.2 Å². The molecule has 0 spiro atoms. The summed E-state index contributed by atoms with van der Waals surface area (Å²) in [6.07, 6.45) is 5.34. The van der Waals surface area contributed by atoms with Gasteiger partial charge in [0.15, 0.2) is 0 Å². The van der Waals surface area contributed by atoms with Gasteiger partial charge in [0.2, 0.25) is 0 Å². The van der Waals surface area contributed by atoms with E-state index in [1.807, 2.05) is 29.9 Å². The fourth-order valence-electron chi connectivity index (χ4n) is 1.59. The second kappa shape index (κ2) is 4.69.